The van der Waals surface area contributed by atoms with E-state index in [0.717, 1.165) is 21.5 Å². The summed E-state index contributed by atoms with van der Waals surface area (Å²) < 4.78 is 7.65. The van der Waals surface area contributed by atoms with Crippen LogP contribution in [0, 0.1) is 13.8 Å². The number of carbonyl (C=O) groups excluding carboxylic acids is 3. The lowest BCUT2D eigenvalue weighted by Gasteiger charge is -2.14. The Bertz CT molecular complexity index is 935. The lowest BCUT2D eigenvalue weighted by molar-refractivity contribution is -0.119. The van der Waals surface area contributed by atoms with E-state index in [9.17, 15) is 14.4 Å². The molecule has 29 heavy (non-hydrogen) atoms. The van der Waals surface area contributed by atoms with Crippen LogP contribution in [-0.2, 0) is 9.53 Å². The third-order valence-corrected chi connectivity index (χ3v) is 6.33. The Labute approximate surface area is 182 Å². The van der Waals surface area contributed by atoms with Gasteiger partial charge in [0, 0.05) is 14.1 Å². The molecular weight excluding hydrogens is 460 g/mol. The van der Waals surface area contributed by atoms with Crippen molar-refractivity contribution < 1.29 is 19.1 Å². The second-order valence-electron chi connectivity index (χ2n) is 6.78. The molecule has 2 amide bonds. The van der Waals surface area contributed by atoms with Gasteiger partial charge in [-0.2, -0.15) is 5.10 Å². The molecule has 158 valence electrons. The number of amides is 2. The van der Waals surface area contributed by atoms with Gasteiger partial charge in [-0.25, -0.2) is 4.79 Å². The Balaban J connectivity index is 2.40. The number of anilines is 1. The lowest BCUT2D eigenvalue weighted by atomic mass is 10.1. The maximum absolute atomic E-state index is 12.9. The van der Waals surface area contributed by atoms with Crippen molar-refractivity contribution in [1.82, 2.24) is 14.7 Å². The second-order valence-corrected chi connectivity index (χ2v) is 8.66. The van der Waals surface area contributed by atoms with E-state index in [2.05, 4.69) is 26.3 Å². The highest BCUT2D eigenvalue weighted by atomic mass is 79.9. The average molecular weight is 485 g/mol. The van der Waals surface area contributed by atoms with Crippen molar-refractivity contribution in [2.24, 2.45) is 0 Å². The second kappa shape index (κ2) is 9.53. The van der Waals surface area contributed by atoms with Crippen LogP contribution in [0.3, 0.4) is 0 Å². The fraction of sp³-hybridized carbons (Fsp3) is 0.474. The van der Waals surface area contributed by atoms with Crippen LogP contribution in [-0.4, -0.2) is 53.2 Å². The topological polar surface area (TPSA) is 93.5 Å². The van der Waals surface area contributed by atoms with E-state index in [0.29, 0.717) is 21.9 Å². The predicted octanol–water partition coefficient (Wildman–Crippen LogP) is 3.79. The normalized spacial score (nSPS) is 11.8. The number of rotatable bonds is 7. The number of carbonyl (C=O) groups is 3. The molecule has 0 fully saturated rings. The molecule has 0 radical (unpaired) electrons. The van der Waals surface area contributed by atoms with Crippen LogP contribution in [0.1, 0.15) is 57.6 Å². The van der Waals surface area contributed by atoms with Crippen LogP contribution in [0.15, 0.2) is 10.7 Å². The van der Waals surface area contributed by atoms with E-state index in [1.165, 1.54) is 4.90 Å². The van der Waals surface area contributed by atoms with Crippen molar-refractivity contribution in [2.75, 3.05) is 26.0 Å². The van der Waals surface area contributed by atoms with Gasteiger partial charge in [0.05, 0.1) is 33.4 Å². The van der Waals surface area contributed by atoms with Gasteiger partial charge in [-0.1, -0.05) is 6.92 Å². The number of hydrogen-bond acceptors (Lipinski definition) is 6. The third kappa shape index (κ3) is 4.87. The molecule has 0 aliphatic rings. The number of nitrogens with one attached hydrogen (secondary N) is 1. The van der Waals surface area contributed by atoms with E-state index in [-0.39, 0.29) is 24.0 Å². The number of hydrogen-bond donors (Lipinski definition) is 1. The average Bonchev–Trinajstić information content (AvgIpc) is 3.17. The van der Waals surface area contributed by atoms with E-state index < -0.39 is 12.0 Å². The molecule has 2 rings (SSSR count). The number of halogens is 1. The molecule has 8 nitrogen and oxygen atoms in total. The van der Waals surface area contributed by atoms with Gasteiger partial charge in [-0.05, 0) is 48.7 Å². The van der Waals surface area contributed by atoms with Crippen LogP contribution in [0.2, 0.25) is 0 Å². The van der Waals surface area contributed by atoms with Gasteiger partial charge in [0.15, 0.2) is 0 Å². The minimum absolute atomic E-state index is 0.215. The molecule has 1 unspecified atom stereocenters. The van der Waals surface area contributed by atoms with E-state index >= 15 is 0 Å². The van der Waals surface area contributed by atoms with E-state index in [1.54, 1.807) is 38.8 Å². The molecule has 1 atom stereocenters. The summed E-state index contributed by atoms with van der Waals surface area (Å²) in [6, 6.07) is -0.615. The molecular formula is C19H25BrN4O4S. The van der Waals surface area contributed by atoms with Gasteiger partial charge in [-0.3, -0.25) is 14.3 Å². The first-order chi connectivity index (χ1) is 13.6. The standard InChI is InChI=1S/C19H25BrN4O4S/c1-7-8-28-19(27)14-10(2)15(18(26)23(5)6)29-17(14)22-16(25)12(4)24-11(3)13(20)9-21-24/h9,12H,7-8H2,1-6H3,(H,22,25). The molecule has 0 aromatic carbocycles. The highest BCUT2D eigenvalue weighted by molar-refractivity contribution is 9.10. The van der Waals surface area contributed by atoms with Crippen LogP contribution in [0.25, 0.3) is 0 Å². The molecule has 2 aromatic heterocycles. The van der Waals surface area contributed by atoms with Gasteiger partial charge in [0.1, 0.15) is 11.0 Å². The Hall–Kier alpha value is -2.20. The summed E-state index contributed by atoms with van der Waals surface area (Å²) in [5.41, 5.74) is 1.52. The number of thiophene rings is 1. The maximum atomic E-state index is 12.9. The van der Waals surface area contributed by atoms with Crippen molar-refractivity contribution in [3.05, 3.63) is 32.4 Å². The Kier molecular flexibility index (Phi) is 7.59. The highest BCUT2D eigenvalue weighted by Crippen LogP contribution is 2.35. The first-order valence-electron chi connectivity index (χ1n) is 9.12. The van der Waals surface area contributed by atoms with Crippen molar-refractivity contribution in [1.29, 1.82) is 0 Å². The maximum Gasteiger partial charge on any atom is 0.341 e. The molecule has 0 saturated carbocycles. The quantitative estimate of drug-likeness (QED) is 0.603. The van der Waals surface area contributed by atoms with Gasteiger partial charge < -0.3 is 15.0 Å². The van der Waals surface area contributed by atoms with Gasteiger partial charge in [-0.15, -0.1) is 11.3 Å². The summed E-state index contributed by atoms with van der Waals surface area (Å²) in [5.74, 6) is -1.14. The molecule has 2 heterocycles. The number of aromatic nitrogens is 2. The predicted molar refractivity (Wildman–Crippen MR) is 116 cm³/mol. The van der Waals surface area contributed by atoms with Crippen LogP contribution < -0.4 is 5.32 Å². The zero-order valence-corrected chi connectivity index (χ0v) is 19.7. The number of nitrogens with zero attached hydrogens (tertiary/aromatic N) is 3. The molecule has 0 spiro atoms. The van der Waals surface area contributed by atoms with Crippen molar-refractivity contribution in [2.45, 2.75) is 40.2 Å². The van der Waals surface area contributed by atoms with Crippen LogP contribution >= 0.6 is 27.3 Å². The third-order valence-electron chi connectivity index (χ3n) is 4.36. The van der Waals surface area contributed by atoms with E-state index in [1.807, 2.05) is 13.8 Å². The minimum Gasteiger partial charge on any atom is -0.462 e. The van der Waals surface area contributed by atoms with Crippen molar-refractivity contribution >= 4 is 50.1 Å². The number of esters is 1. The van der Waals surface area contributed by atoms with Crippen molar-refractivity contribution in [3.63, 3.8) is 0 Å². The minimum atomic E-state index is -0.615. The number of ether oxygens (including phenoxy) is 1. The molecule has 0 bridgehead atoms. The Morgan fingerprint density at radius 3 is 2.52 bits per heavy atom. The Morgan fingerprint density at radius 2 is 2.00 bits per heavy atom. The van der Waals surface area contributed by atoms with Gasteiger partial charge >= 0.3 is 5.97 Å². The first kappa shape index (κ1) is 23.1. The smallest absolute Gasteiger partial charge is 0.341 e. The highest BCUT2D eigenvalue weighted by Gasteiger charge is 2.29. The van der Waals surface area contributed by atoms with Crippen LogP contribution in [0.4, 0.5) is 5.00 Å². The molecule has 0 saturated heterocycles. The monoisotopic (exact) mass is 484 g/mol. The summed E-state index contributed by atoms with van der Waals surface area (Å²) in [6.07, 6.45) is 2.29. The molecule has 10 heteroatoms. The van der Waals surface area contributed by atoms with E-state index in [4.69, 9.17) is 4.74 Å². The SMILES string of the molecule is CCCOC(=O)c1c(NC(=O)C(C)n2ncc(Br)c2C)sc(C(=O)N(C)C)c1C. The summed E-state index contributed by atoms with van der Waals surface area (Å²) in [4.78, 5) is 39.8. The Morgan fingerprint density at radius 1 is 1.34 bits per heavy atom. The largest absolute Gasteiger partial charge is 0.462 e. The fourth-order valence-corrected chi connectivity index (χ4v) is 4.13. The molecule has 2 aromatic rings. The fourth-order valence-electron chi connectivity index (χ4n) is 2.64. The first-order valence-corrected chi connectivity index (χ1v) is 10.7. The summed E-state index contributed by atoms with van der Waals surface area (Å²) in [5, 5.41) is 7.30. The lowest BCUT2D eigenvalue weighted by Crippen LogP contribution is -2.25. The summed E-state index contributed by atoms with van der Waals surface area (Å²) in [6.45, 7) is 7.39. The zero-order valence-electron chi connectivity index (χ0n) is 17.3. The molecule has 0 aliphatic carbocycles. The van der Waals surface area contributed by atoms with Crippen LogP contribution in [0.5, 0.6) is 0 Å². The van der Waals surface area contributed by atoms with Crippen molar-refractivity contribution in [3.8, 4) is 0 Å². The summed E-state index contributed by atoms with van der Waals surface area (Å²) in [7, 11) is 3.27. The summed E-state index contributed by atoms with van der Waals surface area (Å²) >= 11 is 4.45. The van der Waals surface area contributed by atoms with Gasteiger partial charge in [0.25, 0.3) is 5.91 Å². The molecule has 1 N–H and O–H groups in total. The van der Waals surface area contributed by atoms with Gasteiger partial charge in [0.2, 0.25) is 5.91 Å². The zero-order chi connectivity index (χ0) is 21.9. The molecule has 0 aliphatic heterocycles.